The summed E-state index contributed by atoms with van der Waals surface area (Å²) in [6.07, 6.45) is 3.36. The first-order valence-electron chi connectivity index (χ1n) is 5.99. The Morgan fingerprint density at radius 1 is 1.05 bits per heavy atom. The Balaban J connectivity index is 2.09. The van der Waals surface area contributed by atoms with Crippen LogP contribution in [-0.4, -0.2) is 4.98 Å². The monoisotopic (exact) mass is 287 g/mol. The largest absolute Gasteiger partial charge is 0.398 e. The van der Waals surface area contributed by atoms with Gasteiger partial charge >= 0.3 is 0 Å². The molecule has 1 aromatic heterocycles. The molecule has 1 heterocycles. The number of nitrogen functional groups attached to an aromatic ring is 1. The summed E-state index contributed by atoms with van der Waals surface area (Å²) in [5.74, 6) is -0.406. The second kappa shape index (κ2) is 4.98. The zero-order valence-electron chi connectivity index (χ0n) is 10.4. The lowest BCUT2D eigenvalue weighted by Crippen LogP contribution is -1.96. The zero-order chi connectivity index (χ0) is 14.1. The molecule has 0 aliphatic carbocycles. The molecule has 3 nitrogen and oxygen atoms in total. The first kappa shape index (κ1) is 12.7. The molecule has 2 aromatic carbocycles. The fourth-order valence-corrected chi connectivity index (χ4v) is 2.22. The van der Waals surface area contributed by atoms with Gasteiger partial charge in [-0.05, 0) is 36.4 Å². The molecule has 0 radical (unpaired) electrons. The van der Waals surface area contributed by atoms with Crippen molar-refractivity contribution >= 4 is 39.4 Å². The van der Waals surface area contributed by atoms with Gasteiger partial charge in [0.1, 0.15) is 5.82 Å². The highest BCUT2D eigenvalue weighted by Crippen LogP contribution is 2.31. The van der Waals surface area contributed by atoms with E-state index in [1.165, 1.54) is 6.07 Å². The standard InChI is InChI=1S/C15H11ClFN3/c16-9-1-3-15(12(17)7-9)20-14-4-2-13(18)11-8-19-6-5-10(11)14/h1-8,20H,18H2. The van der Waals surface area contributed by atoms with Crippen molar-refractivity contribution in [3.05, 3.63) is 59.6 Å². The number of aromatic nitrogens is 1. The van der Waals surface area contributed by atoms with Crippen LogP contribution >= 0.6 is 11.6 Å². The number of rotatable bonds is 2. The molecule has 20 heavy (non-hydrogen) atoms. The maximum Gasteiger partial charge on any atom is 0.148 e. The molecule has 0 saturated heterocycles. The third kappa shape index (κ3) is 2.26. The van der Waals surface area contributed by atoms with Crippen molar-refractivity contribution in [2.45, 2.75) is 0 Å². The van der Waals surface area contributed by atoms with Crippen LogP contribution in [0.1, 0.15) is 0 Å². The average molecular weight is 288 g/mol. The van der Waals surface area contributed by atoms with Crippen molar-refractivity contribution in [3.8, 4) is 0 Å². The quantitative estimate of drug-likeness (QED) is 0.689. The normalized spacial score (nSPS) is 10.7. The van der Waals surface area contributed by atoms with Crippen LogP contribution in [0, 0.1) is 5.82 Å². The Labute approximate surface area is 120 Å². The maximum atomic E-state index is 13.8. The number of halogens is 2. The molecule has 0 amide bonds. The Morgan fingerprint density at radius 2 is 1.85 bits per heavy atom. The molecular weight excluding hydrogens is 277 g/mol. The van der Waals surface area contributed by atoms with E-state index in [4.69, 9.17) is 17.3 Å². The van der Waals surface area contributed by atoms with Gasteiger partial charge in [-0.2, -0.15) is 0 Å². The van der Waals surface area contributed by atoms with E-state index in [0.29, 0.717) is 16.4 Å². The number of benzene rings is 2. The van der Waals surface area contributed by atoms with Crippen molar-refractivity contribution in [2.75, 3.05) is 11.1 Å². The van der Waals surface area contributed by atoms with E-state index in [1.54, 1.807) is 30.6 Å². The lowest BCUT2D eigenvalue weighted by Gasteiger charge is -2.12. The maximum absolute atomic E-state index is 13.8. The third-order valence-corrected chi connectivity index (χ3v) is 3.29. The van der Waals surface area contributed by atoms with Crippen LogP contribution in [0.4, 0.5) is 21.5 Å². The summed E-state index contributed by atoms with van der Waals surface area (Å²) in [7, 11) is 0. The molecule has 0 unspecified atom stereocenters. The van der Waals surface area contributed by atoms with Crippen molar-refractivity contribution in [1.82, 2.24) is 4.98 Å². The topological polar surface area (TPSA) is 50.9 Å². The molecule has 5 heteroatoms. The number of fused-ring (bicyclic) bond motifs is 1. The van der Waals surface area contributed by atoms with Crippen LogP contribution in [0.25, 0.3) is 10.8 Å². The molecule has 0 bridgehead atoms. The molecule has 0 fully saturated rings. The molecule has 0 aliphatic heterocycles. The minimum absolute atomic E-state index is 0.359. The highest BCUT2D eigenvalue weighted by Gasteiger charge is 2.07. The highest BCUT2D eigenvalue weighted by molar-refractivity contribution is 6.30. The fourth-order valence-electron chi connectivity index (χ4n) is 2.06. The average Bonchev–Trinajstić information content (AvgIpc) is 2.45. The van der Waals surface area contributed by atoms with E-state index < -0.39 is 5.82 Å². The van der Waals surface area contributed by atoms with Crippen molar-refractivity contribution in [2.24, 2.45) is 0 Å². The van der Waals surface area contributed by atoms with E-state index in [9.17, 15) is 4.39 Å². The molecule has 0 saturated carbocycles. The lowest BCUT2D eigenvalue weighted by molar-refractivity contribution is 0.632. The summed E-state index contributed by atoms with van der Waals surface area (Å²) in [6.45, 7) is 0. The van der Waals surface area contributed by atoms with Gasteiger partial charge in [0, 0.05) is 39.6 Å². The summed E-state index contributed by atoms with van der Waals surface area (Å²) >= 11 is 5.74. The van der Waals surface area contributed by atoms with E-state index in [-0.39, 0.29) is 0 Å². The fraction of sp³-hybridized carbons (Fsp3) is 0. The zero-order valence-corrected chi connectivity index (χ0v) is 11.2. The predicted molar refractivity (Wildman–Crippen MR) is 80.8 cm³/mol. The van der Waals surface area contributed by atoms with Crippen LogP contribution in [0.3, 0.4) is 0 Å². The highest BCUT2D eigenvalue weighted by atomic mass is 35.5. The van der Waals surface area contributed by atoms with Gasteiger partial charge in [-0.3, -0.25) is 4.98 Å². The predicted octanol–water partition coefficient (Wildman–Crippen LogP) is 4.35. The van der Waals surface area contributed by atoms with Gasteiger partial charge < -0.3 is 11.1 Å². The van der Waals surface area contributed by atoms with Gasteiger partial charge in [-0.15, -0.1) is 0 Å². The van der Waals surface area contributed by atoms with E-state index in [0.717, 1.165) is 16.5 Å². The Bertz CT molecular complexity index is 789. The number of nitrogens with zero attached hydrogens (tertiary/aromatic N) is 1. The number of hydrogen-bond acceptors (Lipinski definition) is 3. The van der Waals surface area contributed by atoms with Crippen LogP contribution in [0.2, 0.25) is 5.02 Å². The second-order valence-electron chi connectivity index (χ2n) is 4.37. The van der Waals surface area contributed by atoms with Crippen molar-refractivity contribution < 1.29 is 4.39 Å². The van der Waals surface area contributed by atoms with E-state index in [1.807, 2.05) is 12.1 Å². The molecule has 3 rings (SSSR count). The minimum Gasteiger partial charge on any atom is -0.398 e. The molecule has 0 spiro atoms. The Hall–Kier alpha value is -2.33. The van der Waals surface area contributed by atoms with Crippen LogP contribution in [0.15, 0.2) is 48.8 Å². The van der Waals surface area contributed by atoms with Gasteiger partial charge in [0.25, 0.3) is 0 Å². The van der Waals surface area contributed by atoms with Crippen LogP contribution < -0.4 is 11.1 Å². The molecule has 0 aliphatic rings. The summed E-state index contributed by atoms with van der Waals surface area (Å²) in [4.78, 5) is 4.05. The molecule has 0 atom stereocenters. The minimum atomic E-state index is -0.406. The molecular formula is C15H11ClFN3. The van der Waals surface area contributed by atoms with E-state index in [2.05, 4.69) is 10.3 Å². The van der Waals surface area contributed by atoms with Gasteiger partial charge in [-0.25, -0.2) is 4.39 Å². The van der Waals surface area contributed by atoms with Gasteiger partial charge in [0.2, 0.25) is 0 Å². The molecule has 3 N–H and O–H groups in total. The number of nitrogens with one attached hydrogen (secondary N) is 1. The van der Waals surface area contributed by atoms with Gasteiger partial charge in [0.15, 0.2) is 0 Å². The summed E-state index contributed by atoms with van der Waals surface area (Å²) < 4.78 is 13.8. The first-order valence-corrected chi connectivity index (χ1v) is 6.37. The van der Waals surface area contributed by atoms with Gasteiger partial charge in [-0.1, -0.05) is 11.6 Å². The summed E-state index contributed by atoms with van der Waals surface area (Å²) in [6, 6.07) is 9.91. The first-order chi connectivity index (χ1) is 9.65. The van der Waals surface area contributed by atoms with Gasteiger partial charge in [0.05, 0.1) is 5.69 Å². The Morgan fingerprint density at radius 3 is 2.65 bits per heavy atom. The number of pyridine rings is 1. The molecule has 100 valence electrons. The van der Waals surface area contributed by atoms with Crippen molar-refractivity contribution in [1.29, 1.82) is 0 Å². The second-order valence-corrected chi connectivity index (χ2v) is 4.81. The van der Waals surface area contributed by atoms with Crippen molar-refractivity contribution in [3.63, 3.8) is 0 Å². The number of hydrogen-bond donors (Lipinski definition) is 2. The third-order valence-electron chi connectivity index (χ3n) is 3.05. The molecule has 3 aromatic rings. The summed E-state index contributed by atoms with van der Waals surface area (Å²) in [5, 5.41) is 5.12. The SMILES string of the molecule is Nc1ccc(Nc2ccc(Cl)cc2F)c2ccncc12. The number of nitrogens with two attached hydrogens (primary N) is 1. The van der Waals surface area contributed by atoms with E-state index >= 15 is 0 Å². The lowest BCUT2D eigenvalue weighted by atomic mass is 10.1. The summed E-state index contributed by atoms with van der Waals surface area (Å²) in [5.41, 5.74) is 7.66. The number of anilines is 3. The van der Waals surface area contributed by atoms with Crippen LogP contribution in [-0.2, 0) is 0 Å². The van der Waals surface area contributed by atoms with Crippen LogP contribution in [0.5, 0.6) is 0 Å². The Kier molecular flexibility index (Phi) is 3.16. The smallest absolute Gasteiger partial charge is 0.148 e.